The second-order valence-corrected chi connectivity index (χ2v) is 8.07. The van der Waals surface area contributed by atoms with Crippen molar-refractivity contribution in [1.82, 2.24) is 10.5 Å². The van der Waals surface area contributed by atoms with Gasteiger partial charge in [0.25, 0.3) is 11.8 Å². The molecule has 32 heavy (non-hydrogen) atoms. The highest BCUT2D eigenvalue weighted by molar-refractivity contribution is 6.05. The standard InChI is InChI=1S/C25H27N3O4/c1-17-7-5-6-10-22(17)24(29)26-19-11-13-20(14-12-19)31-16-21-15-23(28-32-21)25(30)27-18-8-3-2-4-9-18/h5-7,10-15,18H,2-4,8-9,16H2,1H3,(H,26,29)(H,27,30). The molecule has 4 rings (SSSR count). The van der Waals surface area contributed by atoms with Gasteiger partial charge >= 0.3 is 0 Å². The second kappa shape index (κ2) is 10.1. The first kappa shape index (κ1) is 21.6. The van der Waals surface area contributed by atoms with Crippen LogP contribution in [0.2, 0.25) is 0 Å². The third-order valence-corrected chi connectivity index (χ3v) is 5.61. The van der Waals surface area contributed by atoms with Crippen molar-refractivity contribution >= 4 is 17.5 Å². The quantitative estimate of drug-likeness (QED) is 0.554. The van der Waals surface area contributed by atoms with Gasteiger partial charge in [-0.1, -0.05) is 42.6 Å². The number of anilines is 1. The Morgan fingerprint density at radius 1 is 1.03 bits per heavy atom. The number of benzene rings is 2. The monoisotopic (exact) mass is 433 g/mol. The molecule has 2 amide bonds. The summed E-state index contributed by atoms with van der Waals surface area (Å²) < 4.78 is 11.0. The smallest absolute Gasteiger partial charge is 0.273 e. The van der Waals surface area contributed by atoms with E-state index in [1.165, 1.54) is 6.42 Å². The van der Waals surface area contributed by atoms with E-state index in [0.29, 0.717) is 22.8 Å². The average Bonchev–Trinajstić information content (AvgIpc) is 3.29. The second-order valence-electron chi connectivity index (χ2n) is 8.07. The molecular formula is C25H27N3O4. The van der Waals surface area contributed by atoms with Gasteiger partial charge in [-0.15, -0.1) is 0 Å². The molecule has 7 nitrogen and oxygen atoms in total. The highest BCUT2D eigenvalue weighted by Gasteiger charge is 2.19. The molecule has 0 atom stereocenters. The predicted octanol–water partition coefficient (Wildman–Crippen LogP) is 4.88. The minimum atomic E-state index is -0.208. The summed E-state index contributed by atoms with van der Waals surface area (Å²) in [6.07, 6.45) is 5.56. The maximum absolute atomic E-state index is 12.4. The molecule has 0 radical (unpaired) electrons. The maximum Gasteiger partial charge on any atom is 0.273 e. The molecule has 166 valence electrons. The molecule has 2 N–H and O–H groups in total. The van der Waals surface area contributed by atoms with E-state index in [0.717, 1.165) is 31.2 Å². The molecule has 3 aromatic rings. The summed E-state index contributed by atoms with van der Waals surface area (Å²) in [4.78, 5) is 24.8. The van der Waals surface area contributed by atoms with Crippen molar-refractivity contribution in [2.75, 3.05) is 5.32 Å². The Bertz CT molecular complexity index is 1070. The number of carbonyl (C=O) groups excluding carboxylic acids is 2. The highest BCUT2D eigenvalue weighted by Crippen LogP contribution is 2.20. The van der Waals surface area contributed by atoms with Crippen LogP contribution < -0.4 is 15.4 Å². The van der Waals surface area contributed by atoms with Gasteiger partial charge < -0.3 is 19.9 Å². The Kier molecular flexibility index (Phi) is 6.84. The largest absolute Gasteiger partial charge is 0.486 e. The lowest BCUT2D eigenvalue weighted by atomic mass is 9.95. The van der Waals surface area contributed by atoms with Gasteiger partial charge in [-0.3, -0.25) is 9.59 Å². The van der Waals surface area contributed by atoms with Crippen LogP contribution >= 0.6 is 0 Å². The number of nitrogens with zero attached hydrogens (tertiary/aromatic N) is 1. The summed E-state index contributed by atoms with van der Waals surface area (Å²) in [6.45, 7) is 2.05. The van der Waals surface area contributed by atoms with Gasteiger partial charge in [0.1, 0.15) is 12.4 Å². The number of carbonyl (C=O) groups is 2. The van der Waals surface area contributed by atoms with Crippen molar-refractivity contribution < 1.29 is 18.8 Å². The highest BCUT2D eigenvalue weighted by atomic mass is 16.5. The number of rotatable bonds is 7. The zero-order valence-electron chi connectivity index (χ0n) is 18.1. The zero-order chi connectivity index (χ0) is 22.3. The number of amides is 2. The molecule has 1 aliphatic carbocycles. The summed E-state index contributed by atoms with van der Waals surface area (Å²) in [5.41, 5.74) is 2.50. The summed E-state index contributed by atoms with van der Waals surface area (Å²) in [5, 5.41) is 9.77. The number of aromatic nitrogens is 1. The molecule has 0 saturated heterocycles. The van der Waals surface area contributed by atoms with E-state index in [-0.39, 0.29) is 30.2 Å². The third-order valence-electron chi connectivity index (χ3n) is 5.61. The number of ether oxygens (including phenoxy) is 1. The van der Waals surface area contributed by atoms with E-state index in [1.807, 2.05) is 25.1 Å². The molecule has 0 spiro atoms. The van der Waals surface area contributed by atoms with E-state index in [1.54, 1.807) is 36.4 Å². The van der Waals surface area contributed by atoms with E-state index >= 15 is 0 Å². The van der Waals surface area contributed by atoms with Gasteiger partial charge in [0.2, 0.25) is 0 Å². The number of nitrogens with one attached hydrogen (secondary N) is 2. The zero-order valence-corrected chi connectivity index (χ0v) is 18.1. The van der Waals surface area contributed by atoms with Crippen LogP contribution in [0.15, 0.2) is 59.1 Å². The minimum Gasteiger partial charge on any atom is -0.486 e. The Morgan fingerprint density at radius 2 is 1.78 bits per heavy atom. The van der Waals surface area contributed by atoms with Gasteiger partial charge in [-0.25, -0.2) is 0 Å². The van der Waals surface area contributed by atoms with E-state index < -0.39 is 0 Å². The van der Waals surface area contributed by atoms with Crippen molar-refractivity contribution in [3.05, 3.63) is 77.2 Å². The molecule has 1 aromatic heterocycles. The molecule has 0 aliphatic heterocycles. The van der Waals surface area contributed by atoms with Crippen molar-refractivity contribution in [1.29, 1.82) is 0 Å². The van der Waals surface area contributed by atoms with E-state index in [9.17, 15) is 9.59 Å². The first-order valence-corrected chi connectivity index (χ1v) is 10.9. The van der Waals surface area contributed by atoms with Crippen molar-refractivity contribution in [2.45, 2.75) is 51.7 Å². The molecular weight excluding hydrogens is 406 g/mol. The van der Waals surface area contributed by atoms with Gasteiger partial charge in [0.05, 0.1) is 0 Å². The fourth-order valence-electron chi connectivity index (χ4n) is 3.81. The average molecular weight is 434 g/mol. The minimum absolute atomic E-state index is 0.151. The molecule has 1 aliphatic rings. The van der Waals surface area contributed by atoms with Crippen LogP contribution in [0.5, 0.6) is 5.75 Å². The summed E-state index contributed by atoms with van der Waals surface area (Å²) in [6, 6.07) is 16.3. The molecule has 2 aromatic carbocycles. The Hall–Kier alpha value is -3.61. The van der Waals surface area contributed by atoms with Crippen LogP contribution in [-0.4, -0.2) is 23.0 Å². The topological polar surface area (TPSA) is 93.5 Å². The SMILES string of the molecule is Cc1ccccc1C(=O)Nc1ccc(OCc2cc(C(=O)NC3CCCCC3)no2)cc1. The summed E-state index contributed by atoms with van der Waals surface area (Å²) in [7, 11) is 0. The fraction of sp³-hybridized carbons (Fsp3) is 0.320. The molecule has 1 heterocycles. The summed E-state index contributed by atoms with van der Waals surface area (Å²) in [5.74, 6) is 0.720. The third kappa shape index (κ3) is 5.55. The van der Waals surface area contributed by atoms with Crippen LogP contribution in [0.4, 0.5) is 5.69 Å². The van der Waals surface area contributed by atoms with Crippen LogP contribution in [0.1, 0.15) is 64.3 Å². The molecule has 0 bridgehead atoms. The lowest BCUT2D eigenvalue weighted by Crippen LogP contribution is -2.36. The van der Waals surface area contributed by atoms with E-state index in [2.05, 4.69) is 15.8 Å². The van der Waals surface area contributed by atoms with Crippen LogP contribution in [0.3, 0.4) is 0 Å². The van der Waals surface area contributed by atoms with Crippen LogP contribution in [-0.2, 0) is 6.61 Å². The molecule has 0 unspecified atom stereocenters. The predicted molar refractivity (Wildman–Crippen MR) is 121 cm³/mol. The molecule has 7 heteroatoms. The van der Waals surface area contributed by atoms with Crippen LogP contribution in [0.25, 0.3) is 0 Å². The number of hydrogen-bond acceptors (Lipinski definition) is 5. The lowest BCUT2D eigenvalue weighted by Gasteiger charge is -2.22. The summed E-state index contributed by atoms with van der Waals surface area (Å²) >= 11 is 0. The van der Waals surface area contributed by atoms with Crippen molar-refractivity contribution in [3.63, 3.8) is 0 Å². The number of aryl methyl sites for hydroxylation is 1. The van der Waals surface area contributed by atoms with E-state index in [4.69, 9.17) is 9.26 Å². The van der Waals surface area contributed by atoms with Gasteiger partial charge in [0, 0.05) is 23.4 Å². The van der Waals surface area contributed by atoms with Crippen molar-refractivity contribution in [3.8, 4) is 5.75 Å². The Balaban J connectivity index is 1.28. The molecule has 1 fully saturated rings. The van der Waals surface area contributed by atoms with Gasteiger partial charge in [-0.05, 0) is 55.7 Å². The first-order chi connectivity index (χ1) is 15.6. The van der Waals surface area contributed by atoms with Gasteiger partial charge in [0.15, 0.2) is 11.5 Å². The Labute approximate surface area is 187 Å². The first-order valence-electron chi connectivity index (χ1n) is 10.9. The van der Waals surface area contributed by atoms with Crippen LogP contribution in [0, 0.1) is 6.92 Å². The number of hydrogen-bond donors (Lipinski definition) is 2. The molecule has 1 saturated carbocycles. The normalized spacial score (nSPS) is 14.0. The van der Waals surface area contributed by atoms with Gasteiger partial charge in [-0.2, -0.15) is 0 Å². The Morgan fingerprint density at radius 3 is 2.53 bits per heavy atom. The maximum atomic E-state index is 12.4. The van der Waals surface area contributed by atoms with Crippen molar-refractivity contribution in [2.24, 2.45) is 0 Å². The lowest BCUT2D eigenvalue weighted by molar-refractivity contribution is 0.0917. The fourth-order valence-corrected chi connectivity index (χ4v) is 3.81.